The highest BCUT2D eigenvalue weighted by Crippen LogP contribution is 2.46. The second kappa shape index (κ2) is 41.7. The van der Waals surface area contributed by atoms with E-state index in [0.717, 1.165) is 0 Å². The molecule has 0 aromatic heterocycles. The molecular weight excluding hydrogens is 1160 g/mol. The Kier molecular flexibility index (Phi) is 35.4. The number of carboxylic acid groups (broad SMARTS) is 1. The van der Waals surface area contributed by atoms with E-state index >= 15 is 0 Å². The summed E-state index contributed by atoms with van der Waals surface area (Å²) in [6.45, 7) is 13.7. The van der Waals surface area contributed by atoms with Gasteiger partial charge in [0.1, 0.15) is 31.7 Å². The third kappa shape index (κ3) is 27.5. The van der Waals surface area contributed by atoms with Crippen molar-refractivity contribution in [1.82, 2.24) is 10.2 Å². The Morgan fingerprint density at radius 1 is 0.565 bits per heavy atom. The first-order chi connectivity index (χ1) is 41.1. The predicted octanol–water partition coefficient (Wildman–Crippen LogP) is 1.09. The SMILES string of the molecule is CCNc1ccc2c(-c3ccccc3C(=O)N(C)CCCC(=O)NCCOCCOCCOCCOCCOCCOCCOCCOCCOCCOCCOCCOCCC(=O)O)c3ccc(=[NH+]CC)c(S(=O)(=O)[O-])c-3oc2c1S(=O)(=O)[O-]. The van der Waals surface area contributed by atoms with E-state index in [1.165, 1.54) is 35.2 Å². The lowest BCUT2D eigenvalue weighted by Gasteiger charge is -2.24. The predicted molar refractivity (Wildman–Crippen MR) is 304 cm³/mol. The van der Waals surface area contributed by atoms with Crippen LogP contribution in [0.1, 0.15) is 43.5 Å². The fourth-order valence-electron chi connectivity index (χ4n) is 8.12. The van der Waals surface area contributed by atoms with Crippen LogP contribution in [0.25, 0.3) is 33.4 Å². The molecule has 2 aliphatic rings. The molecule has 2 aromatic rings. The lowest BCUT2D eigenvalue weighted by Crippen LogP contribution is -2.76. The fraction of sp³-hybridized carbons (Fsp3) is 0.607. The Bertz CT molecular complexity index is 2860. The number of aliphatic carboxylic acids is 1. The highest BCUT2D eigenvalue weighted by molar-refractivity contribution is 7.86. The van der Waals surface area contributed by atoms with Gasteiger partial charge < -0.3 is 91.0 Å². The molecule has 27 nitrogen and oxygen atoms in total. The number of nitrogens with one attached hydrogen (secondary N) is 3. The van der Waals surface area contributed by atoms with Gasteiger partial charge >= 0.3 is 5.97 Å². The van der Waals surface area contributed by atoms with Crippen LogP contribution in [-0.4, -0.2) is 246 Å². The van der Waals surface area contributed by atoms with Crippen molar-refractivity contribution in [2.75, 3.05) is 197 Å². The average Bonchev–Trinajstić information content (AvgIpc) is 1.12. The first-order valence-electron chi connectivity index (χ1n) is 28.1. The summed E-state index contributed by atoms with van der Waals surface area (Å²) >= 11 is 0. The minimum Gasteiger partial charge on any atom is -0.744 e. The molecule has 1 aliphatic heterocycles. The number of carboxylic acids is 1. The molecule has 85 heavy (non-hydrogen) atoms. The minimum absolute atomic E-state index is 0.0233. The van der Waals surface area contributed by atoms with Gasteiger partial charge in [0.2, 0.25) is 11.3 Å². The average molecular weight is 1240 g/mol. The van der Waals surface area contributed by atoms with E-state index in [9.17, 15) is 40.3 Å². The molecule has 0 saturated carbocycles. The van der Waals surface area contributed by atoms with E-state index in [0.29, 0.717) is 152 Å². The molecule has 4 N–H and O–H groups in total. The molecule has 0 bridgehead atoms. The first-order valence-corrected chi connectivity index (χ1v) is 31.0. The number of hydrogen-bond acceptors (Lipinski definition) is 23. The van der Waals surface area contributed by atoms with Crippen molar-refractivity contribution < 1.29 is 112 Å². The molecule has 29 heteroatoms. The zero-order valence-corrected chi connectivity index (χ0v) is 50.4. The van der Waals surface area contributed by atoms with Gasteiger partial charge in [0, 0.05) is 61.2 Å². The zero-order chi connectivity index (χ0) is 61.6. The summed E-state index contributed by atoms with van der Waals surface area (Å²) in [5, 5.41) is 14.1. The standard InChI is InChI=1S/C56H84N4O23S2/c1-4-57-47-14-12-45-51(46-13-15-48(58-5-2)55(85(68,69)70)53(46)83-52(45)54(47)84(65,66)67)43-9-6-7-10-44(43)56(64)60(3)18-8-11-49(61)59-17-20-72-22-24-74-26-28-76-30-32-78-34-36-80-38-40-82-42-41-81-39-37-79-35-33-77-31-29-75-27-25-73-23-21-71-19-16-50(62)63/h6-7,9-10,12-15,57H,4-5,8,11,16-42H2,1-3H3,(H,59,61)(H,62,63)(H,65,66,67)(H,68,69,70)/p-1. The normalized spacial score (nSPS) is 12.2. The van der Waals surface area contributed by atoms with Crippen LogP contribution in [0.5, 0.6) is 0 Å². The van der Waals surface area contributed by atoms with E-state index in [1.54, 1.807) is 39.1 Å². The number of fused-ring (bicyclic) bond motifs is 2. The summed E-state index contributed by atoms with van der Waals surface area (Å²) in [6, 6.07) is 12.1. The number of amides is 2. The van der Waals surface area contributed by atoms with Crippen LogP contribution in [0.4, 0.5) is 5.69 Å². The quantitative estimate of drug-likeness (QED) is 0.0273. The van der Waals surface area contributed by atoms with Crippen molar-refractivity contribution in [2.45, 2.75) is 42.9 Å². The minimum atomic E-state index is -5.29. The summed E-state index contributed by atoms with van der Waals surface area (Å²) in [5.41, 5.74) is -0.0516. The van der Waals surface area contributed by atoms with E-state index in [1.807, 2.05) is 0 Å². The van der Waals surface area contributed by atoms with Gasteiger partial charge in [-0.25, -0.2) is 21.8 Å². The topological polar surface area (TPSA) is 351 Å². The van der Waals surface area contributed by atoms with Crippen molar-refractivity contribution in [3.05, 3.63) is 59.5 Å². The van der Waals surface area contributed by atoms with Crippen LogP contribution in [-0.2, 0) is 86.7 Å². The lowest BCUT2D eigenvalue weighted by atomic mass is 9.90. The molecule has 2 aromatic carbocycles. The molecule has 4 rings (SSSR count). The van der Waals surface area contributed by atoms with Gasteiger partial charge in [-0.05, 0) is 50.1 Å². The summed E-state index contributed by atoms with van der Waals surface area (Å²) in [6.07, 6.45) is 0.374. The number of carbonyl (C=O) groups is 3. The molecule has 0 atom stereocenters. The smallest absolute Gasteiger partial charge is 0.305 e. The van der Waals surface area contributed by atoms with Crippen molar-refractivity contribution in [2.24, 2.45) is 0 Å². The Balaban J connectivity index is 0.993. The number of carbonyl (C=O) groups excluding carboxylic acids is 2. The van der Waals surface area contributed by atoms with Gasteiger partial charge in [-0.15, -0.1) is 0 Å². The molecule has 0 fully saturated rings. The summed E-state index contributed by atoms with van der Waals surface area (Å²) in [4.78, 5) is 39.9. The van der Waals surface area contributed by atoms with Gasteiger partial charge in [-0.2, -0.15) is 0 Å². The van der Waals surface area contributed by atoms with E-state index in [-0.39, 0.29) is 96.8 Å². The van der Waals surface area contributed by atoms with E-state index in [2.05, 4.69) is 15.6 Å². The van der Waals surface area contributed by atoms with Gasteiger partial charge in [-0.1, -0.05) is 18.2 Å². The third-order valence-electron chi connectivity index (χ3n) is 12.0. The maximum absolute atomic E-state index is 14.2. The molecule has 478 valence electrons. The Morgan fingerprint density at radius 2 is 1.01 bits per heavy atom. The Labute approximate surface area is 496 Å². The number of benzene rings is 3. The van der Waals surface area contributed by atoms with Crippen LogP contribution >= 0.6 is 0 Å². The highest BCUT2D eigenvalue weighted by atomic mass is 32.2. The monoisotopic (exact) mass is 1240 g/mol. The Morgan fingerprint density at radius 3 is 1.45 bits per heavy atom. The van der Waals surface area contributed by atoms with E-state index in [4.69, 9.17) is 66.4 Å². The summed E-state index contributed by atoms with van der Waals surface area (Å²) < 4.78 is 149. The molecule has 0 spiro atoms. The molecule has 1 aliphatic carbocycles. The number of hydrogen-bond donors (Lipinski definition) is 4. The second-order valence-corrected chi connectivity index (χ2v) is 20.9. The number of rotatable bonds is 50. The molecule has 1 heterocycles. The molecule has 2 amide bonds. The second-order valence-electron chi connectivity index (χ2n) is 18.3. The van der Waals surface area contributed by atoms with Crippen LogP contribution in [0.3, 0.4) is 0 Å². The molecular formula is C56H83N4O23S2-. The lowest BCUT2D eigenvalue weighted by molar-refractivity contribution is -0.498. The Hall–Kier alpha value is -5.32. The van der Waals surface area contributed by atoms with Crippen molar-refractivity contribution in [1.29, 1.82) is 0 Å². The number of ether oxygens (including phenoxy) is 12. The maximum atomic E-state index is 14.2. The zero-order valence-electron chi connectivity index (χ0n) is 48.7. The molecule has 0 unspecified atom stereocenters. The van der Waals surface area contributed by atoms with Crippen LogP contribution in [0.15, 0.2) is 62.7 Å². The van der Waals surface area contributed by atoms with Crippen molar-refractivity contribution >= 4 is 54.7 Å². The molecule has 0 saturated heterocycles. The van der Waals surface area contributed by atoms with Crippen LogP contribution in [0, 0.1) is 0 Å². The first kappa shape index (κ1) is 72.2. The van der Waals surface area contributed by atoms with Crippen LogP contribution in [0.2, 0.25) is 0 Å². The van der Waals surface area contributed by atoms with Gasteiger partial charge in [0.15, 0.2) is 16.2 Å². The van der Waals surface area contributed by atoms with Gasteiger partial charge in [0.05, 0.1) is 171 Å². The van der Waals surface area contributed by atoms with Gasteiger partial charge in [-0.3, -0.25) is 14.4 Å². The third-order valence-corrected chi connectivity index (χ3v) is 13.8. The number of anilines is 1. The van der Waals surface area contributed by atoms with Crippen LogP contribution < -0.4 is 21.0 Å². The number of nitrogens with zero attached hydrogens (tertiary/aromatic N) is 1. The summed E-state index contributed by atoms with van der Waals surface area (Å²) in [5.74, 6) is -2.13. The van der Waals surface area contributed by atoms with Gasteiger partial charge in [0.25, 0.3) is 5.91 Å². The van der Waals surface area contributed by atoms with E-state index < -0.39 is 53.2 Å². The highest BCUT2D eigenvalue weighted by Gasteiger charge is 2.31. The largest absolute Gasteiger partial charge is 0.744 e. The molecule has 0 radical (unpaired) electrons. The fourth-order valence-corrected chi connectivity index (χ4v) is 9.69. The summed E-state index contributed by atoms with van der Waals surface area (Å²) in [7, 11) is -9.03. The van der Waals surface area contributed by atoms with Crippen molar-refractivity contribution in [3.8, 4) is 22.5 Å². The maximum Gasteiger partial charge on any atom is 0.305 e. The van der Waals surface area contributed by atoms with Crippen molar-refractivity contribution in [3.63, 3.8) is 0 Å².